The van der Waals surface area contributed by atoms with Crippen LogP contribution in [-0.4, -0.2) is 36.4 Å². The summed E-state index contributed by atoms with van der Waals surface area (Å²) in [6.07, 6.45) is 0.460. The molecule has 9 nitrogen and oxygen atoms in total. The summed E-state index contributed by atoms with van der Waals surface area (Å²) in [5, 5.41) is 61.3. The lowest BCUT2D eigenvalue weighted by molar-refractivity contribution is 0.103. The molecule has 0 saturated heterocycles. The van der Waals surface area contributed by atoms with E-state index in [0.29, 0.717) is 24.0 Å². The van der Waals surface area contributed by atoms with E-state index in [1.165, 1.54) is 30.3 Å². The fourth-order valence-electron chi connectivity index (χ4n) is 5.01. The van der Waals surface area contributed by atoms with E-state index in [2.05, 4.69) is 0 Å². The van der Waals surface area contributed by atoms with Crippen molar-refractivity contribution in [1.82, 2.24) is 0 Å². The van der Waals surface area contributed by atoms with Gasteiger partial charge in [0.2, 0.25) is 5.78 Å². The van der Waals surface area contributed by atoms with Crippen molar-refractivity contribution in [2.24, 2.45) is 0 Å². The zero-order valence-corrected chi connectivity index (χ0v) is 20.3. The van der Waals surface area contributed by atoms with Gasteiger partial charge in [-0.15, -0.1) is 0 Å². The number of phenolic OH excluding ortho intramolecular Hbond substituents is 6. The molecule has 1 atom stereocenters. The topological polar surface area (TPSA) is 161 Å². The smallest absolute Gasteiger partial charge is 0.205 e. The fourth-order valence-corrected chi connectivity index (χ4v) is 5.01. The van der Waals surface area contributed by atoms with Crippen LogP contribution in [-0.2, 0) is 6.42 Å². The molecule has 6 N–H and O–H groups in total. The maximum atomic E-state index is 14.0. The highest BCUT2D eigenvalue weighted by atomic mass is 16.5. The first-order valence-corrected chi connectivity index (χ1v) is 12.1. The lowest BCUT2D eigenvalue weighted by Gasteiger charge is -2.27. The van der Waals surface area contributed by atoms with Gasteiger partial charge in [0.05, 0.1) is 10.9 Å². The minimum Gasteiger partial charge on any atom is -0.508 e. The molecule has 39 heavy (non-hydrogen) atoms. The molecule has 0 unspecified atom stereocenters. The van der Waals surface area contributed by atoms with Crippen LogP contribution in [0.25, 0.3) is 22.3 Å². The Bertz CT molecular complexity index is 1730. The Balaban J connectivity index is 1.62. The molecule has 1 aliphatic rings. The first-order chi connectivity index (χ1) is 18.7. The first-order valence-electron chi connectivity index (χ1n) is 12.1. The molecule has 1 aliphatic heterocycles. The van der Waals surface area contributed by atoms with Gasteiger partial charge >= 0.3 is 0 Å². The molecule has 0 bridgehead atoms. The Kier molecular flexibility index (Phi) is 5.50. The molecule has 9 heteroatoms. The Hall–Kier alpha value is -5.31. The number of ether oxygens (including phenoxy) is 1. The van der Waals surface area contributed by atoms with Crippen LogP contribution in [0.4, 0.5) is 0 Å². The molecule has 4 aromatic carbocycles. The van der Waals surface area contributed by atoms with Gasteiger partial charge in [-0.1, -0.05) is 12.1 Å². The second-order valence-corrected chi connectivity index (χ2v) is 9.35. The highest BCUT2D eigenvalue weighted by Gasteiger charge is 2.34. The van der Waals surface area contributed by atoms with Crippen LogP contribution in [0.1, 0.15) is 39.6 Å². The Morgan fingerprint density at radius 2 is 1.33 bits per heavy atom. The van der Waals surface area contributed by atoms with Crippen LogP contribution in [0.15, 0.2) is 71.1 Å². The molecular formula is C30H22O9. The number of carbonyl (C=O) groups is 1. The Morgan fingerprint density at radius 1 is 0.718 bits per heavy atom. The number of hydrogen-bond acceptors (Lipinski definition) is 9. The summed E-state index contributed by atoms with van der Waals surface area (Å²) in [6.45, 7) is 0. The fraction of sp³-hybridized carbons (Fsp3) is 0.100. The third-order valence-corrected chi connectivity index (χ3v) is 6.86. The zero-order valence-electron chi connectivity index (χ0n) is 20.3. The number of furan rings is 1. The summed E-state index contributed by atoms with van der Waals surface area (Å²) in [5.74, 6) is -2.24. The number of fused-ring (bicyclic) bond motifs is 3. The quantitative estimate of drug-likeness (QED) is 0.163. The number of benzene rings is 4. The number of carbonyl (C=O) groups excluding carboxylic acids is 1. The third kappa shape index (κ3) is 4.00. The summed E-state index contributed by atoms with van der Waals surface area (Å²) in [5.41, 5.74) is 1.27. The largest absolute Gasteiger partial charge is 0.508 e. The molecule has 5 aromatic rings. The highest BCUT2D eigenvalue weighted by molar-refractivity contribution is 6.23. The van der Waals surface area contributed by atoms with Crippen molar-refractivity contribution < 1.29 is 44.6 Å². The third-order valence-electron chi connectivity index (χ3n) is 6.86. The summed E-state index contributed by atoms with van der Waals surface area (Å²) in [6, 6.07) is 15.7. The van der Waals surface area contributed by atoms with Crippen molar-refractivity contribution in [2.45, 2.75) is 18.9 Å². The number of rotatable bonds is 4. The highest BCUT2D eigenvalue weighted by Crippen LogP contribution is 2.50. The van der Waals surface area contributed by atoms with Gasteiger partial charge in [0.15, 0.2) is 0 Å². The molecule has 0 aliphatic carbocycles. The number of hydrogen-bond donors (Lipinski definition) is 6. The summed E-state index contributed by atoms with van der Waals surface area (Å²) >= 11 is 0. The molecule has 0 amide bonds. The van der Waals surface area contributed by atoms with Gasteiger partial charge in [-0.3, -0.25) is 4.79 Å². The van der Waals surface area contributed by atoms with Crippen LogP contribution in [0.5, 0.6) is 40.2 Å². The lowest BCUT2D eigenvalue weighted by atomic mass is 9.91. The van der Waals surface area contributed by atoms with Crippen LogP contribution < -0.4 is 4.74 Å². The van der Waals surface area contributed by atoms with Gasteiger partial charge in [0.25, 0.3) is 0 Å². The van der Waals surface area contributed by atoms with Crippen molar-refractivity contribution in [1.29, 1.82) is 0 Å². The molecule has 1 aromatic heterocycles. The number of phenols is 6. The predicted molar refractivity (Wildman–Crippen MR) is 140 cm³/mol. The minimum atomic E-state index is -0.810. The normalized spacial score (nSPS) is 14.6. The molecule has 0 saturated carbocycles. The average molecular weight is 526 g/mol. The van der Waals surface area contributed by atoms with E-state index in [1.54, 1.807) is 24.3 Å². The predicted octanol–water partition coefficient (Wildman–Crippen LogP) is 5.63. The van der Waals surface area contributed by atoms with Crippen molar-refractivity contribution in [3.8, 4) is 51.6 Å². The number of ketones is 1. The SMILES string of the molecule is O=C(c1c(O)cc(O)cc1O)c1c(-c2ccc(O)cc2)oc2cc(O)c3c(c12)O[C@H](c1ccc(O)cc1)CC3. The van der Waals surface area contributed by atoms with Crippen LogP contribution >= 0.6 is 0 Å². The van der Waals surface area contributed by atoms with E-state index in [9.17, 15) is 35.4 Å². The first kappa shape index (κ1) is 24.1. The second-order valence-electron chi connectivity index (χ2n) is 9.35. The van der Waals surface area contributed by atoms with E-state index in [-0.39, 0.29) is 45.3 Å². The molecule has 2 heterocycles. The molecule has 6 rings (SSSR count). The van der Waals surface area contributed by atoms with Crippen molar-refractivity contribution in [3.05, 3.63) is 89.0 Å². The summed E-state index contributed by atoms with van der Waals surface area (Å²) < 4.78 is 12.5. The van der Waals surface area contributed by atoms with E-state index < -0.39 is 34.7 Å². The van der Waals surface area contributed by atoms with E-state index in [0.717, 1.165) is 17.7 Å². The van der Waals surface area contributed by atoms with Gasteiger partial charge in [0.1, 0.15) is 63.3 Å². The molecule has 0 radical (unpaired) electrons. The van der Waals surface area contributed by atoms with E-state index >= 15 is 0 Å². The molecular weight excluding hydrogens is 504 g/mol. The molecule has 0 fully saturated rings. The monoisotopic (exact) mass is 526 g/mol. The Labute approximate surface area is 221 Å². The van der Waals surface area contributed by atoms with Crippen molar-refractivity contribution in [2.75, 3.05) is 0 Å². The summed E-state index contributed by atoms with van der Waals surface area (Å²) in [4.78, 5) is 14.0. The van der Waals surface area contributed by atoms with E-state index in [4.69, 9.17) is 9.15 Å². The number of aromatic hydroxyl groups is 6. The van der Waals surface area contributed by atoms with Crippen molar-refractivity contribution >= 4 is 16.8 Å². The van der Waals surface area contributed by atoms with Gasteiger partial charge in [-0.25, -0.2) is 0 Å². The summed E-state index contributed by atoms with van der Waals surface area (Å²) in [7, 11) is 0. The van der Waals surface area contributed by atoms with E-state index in [1.807, 2.05) is 0 Å². The zero-order chi connectivity index (χ0) is 27.4. The van der Waals surface area contributed by atoms with Crippen LogP contribution in [0.2, 0.25) is 0 Å². The molecule has 196 valence electrons. The minimum absolute atomic E-state index is 0.00772. The van der Waals surface area contributed by atoms with Gasteiger partial charge < -0.3 is 39.8 Å². The standard InChI is InChI=1S/C30H22O9/c31-16-5-1-14(2-6-16)23-10-9-19-20(34)13-24-26(30(19)38-23)27(29(39-24)15-3-7-17(32)8-4-15)28(37)25-21(35)11-18(33)12-22(25)36/h1-8,11-13,23,31-36H,9-10H2/t23-/m0/s1. The van der Waals surface area contributed by atoms with Crippen LogP contribution in [0.3, 0.4) is 0 Å². The maximum absolute atomic E-state index is 14.0. The van der Waals surface area contributed by atoms with Crippen LogP contribution in [0, 0.1) is 0 Å². The second kappa shape index (κ2) is 8.91. The molecule has 0 spiro atoms. The van der Waals surface area contributed by atoms with Gasteiger partial charge in [-0.05, 0) is 54.8 Å². The van der Waals surface area contributed by atoms with Crippen molar-refractivity contribution in [3.63, 3.8) is 0 Å². The Morgan fingerprint density at radius 3 is 1.97 bits per heavy atom. The lowest BCUT2D eigenvalue weighted by Crippen LogP contribution is -2.16. The van der Waals surface area contributed by atoms with Gasteiger partial charge in [0, 0.05) is 29.3 Å². The average Bonchev–Trinajstić information content (AvgIpc) is 3.28. The van der Waals surface area contributed by atoms with Gasteiger partial charge in [-0.2, -0.15) is 0 Å². The maximum Gasteiger partial charge on any atom is 0.205 e.